The summed E-state index contributed by atoms with van der Waals surface area (Å²) >= 11 is 0. The molecule has 2 N–H and O–H groups in total. The van der Waals surface area contributed by atoms with Gasteiger partial charge in [0.25, 0.3) is 0 Å². The van der Waals surface area contributed by atoms with Crippen LogP contribution >= 0.6 is 0 Å². The summed E-state index contributed by atoms with van der Waals surface area (Å²) in [6.07, 6.45) is 7.98. The molecule has 0 radical (unpaired) electrons. The second-order valence-corrected chi connectivity index (χ2v) is 11.5. The molecule has 4 saturated carbocycles. The van der Waals surface area contributed by atoms with Gasteiger partial charge in [-0.25, -0.2) is 0 Å². The summed E-state index contributed by atoms with van der Waals surface area (Å²) in [5, 5.41) is 19.7. The maximum atomic E-state index is 13.9. The summed E-state index contributed by atoms with van der Waals surface area (Å²) < 4.78 is 0. The second-order valence-electron chi connectivity index (χ2n) is 11.5. The second kappa shape index (κ2) is 7.35. The molecule has 0 aromatic heterocycles. The number of Topliss-reactive ketones (excluding diaryl/α,β-unsaturated/α-hetero) is 1. The summed E-state index contributed by atoms with van der Waals surface area (Å²) in [4.78, 5) is 25.2. The van der Waals surface area contributed by atoms with Crippen LogP contribution in [-0.4, -0.2) is 28.1 Å². The molecule has 4 nitrogen and oxygen atoms in total. The lowest BCUT2D eigenvalue weighted by atomic mass is 9.42. The average molecular weight is 405 g/mol. The van der Waals surface area contributed by atoms with Gasteiger partial charge in [-0.15, -0.1) is 0 Å². The molecule has 4 aliphatic rings. The van der Waals surface area contributed by atoms with E-state index >= 15 is 0 Å². The van der Waals surface area contributed by atoms with Crippen LogP contribution < -0.4 is 0 Å². The molecule has 4 rings (SSSR count). The predicted octanol–water partition coefficient (Wildman–Crippen LogP) is 4.93. The maximum Gasteiger partial charge on any atom is 0.303 e. The summed E-state index contributed by atoms with van der Waals surface area (Å²) in [6, 6.07) is 0. The summed E-state index contributed by atoms with van der Waals surface area (Å²) in [6.45, 7) is 9.06. The Bertz CT molecular complexity index is 674. The van der Waals surface area contributed by atoms with Crippen LogP contribution in [0, 0.1) is 52.3 Å². The molecule has 4 unspecified atom stereocenters. The van der Waals surface area contributed by atoms with Crippen LogP contribution in [0.4, 0.5) is 0 Å². The van der Waals surface area contributed by atoms with Crippen LogP contribution in [-0.2, 0) is 9.59 Å². The van der Waals surface area contributed by atoms with E-state index in [-0.39, 0.29) is 41.1 Å². The Morgan fingerprint density at radius 1 is 1.07 bits per heavy atom. The van der Waals surface area contributed by atoms with Crippen molar-refractivity contribution in [3.8, 4) is 0 Å². The molecule has 0 aromatic rings. The van der Waals surface area contributed by atoms with E-state index in [1.54, 1.807) is 0 Å². The first kappa shape index (κ1) is 21.3. The largest absolute Gasteiger partial charge is 0.481 e. The van der Waals surface area contributed by atoms with Gasteiger partial charge in [-0.1, -0.05) is 27.7 Å². The van der Waals surface area contributed by atoms with Gasteiger partial charge in [0.15, 0.2) is 0 Å². The SMILES string of the molecule is CC[C@H]1C(=O)C2C(CC[C@@]3(C)C2CC[C@@H]3[C@H](C)CC(=O)O)[C@@]2(C)CC[C@@H](O)CC12. The highest BCUT2D eigenvalue weighted by Gasteiger charge is 2.65. The number of ketones is 1. The van der Waals surface area contributed by atoms with Gasteiger partial charge in [0, 0.05) is 18.3 Å². The normalized spacial score (nSPS) is 50.4. The third kappa shape index (κ3) is 3.11. The number of carboxylic acid groups (broad SMARTS) is 1. The molecule has 10 atom stereocenters. The standard InChI is InChI=1S/C25H40O4/c1-5-16-20-13-15(26)8-10-25(20,4)19-9-11-24(3)17(14(2)12-21(27)28)6-7-18(24)22(19)23(16)29/h14-20,22,26H,5-13H2,1-4H3,(H,27,28)/t14-,15-,16-,17-,18?,19?,20?,22?,24-,25-/m1/s1. The van der Waals surface area contributed by atoms with E-state index in [0.717, 1.165) is 51.4 Å². The lowest BCUT2D eigenvalue weighted by molar-refractivity contribution is -0.173. The van der Waals surface area contributed by atoms with Gasteiger partial charge in [-0.3, -0.25) is 9.59 Å². The minimum Gasteiger partial charge on any atom is -0.481 e. The molecule has 0 aromatic carbocycles. The van der Waals surface area contributed by atoms with E-state index in [1.807, 2.05) is 0 Å². The molecule has 0 aliphatic heterocycles. The van der Waals surface area contributed by atoms with Crippen LogP contribution in [0.25, 0.3) is 0 Å². The average Bonchev–Trinajstić information content (AvgIpc) is 3.00. The Hall–Kier alpha value is -0.900. The first-order valence-electron chi connectivity index (χ1n) is 12.1. The van der Waals surface area contributed by atoms with Gasteiger partial charge in [-0.2, -0.15) is 0 Å². The Kier molecular flexibility index (Phi) is 5.41. The number of aliphatic hydroxyl groups is 1. The van der Waals surface area contributed by atoms with Crippen LogP contribution in [0.2, 0.25) is 0 Å². The first-order chi connectivity index (χ1) is 13.6. The Morgan fingerprint density at radius 2 is 1.72 bits per heavy atom. The van der Waals surface area contributed by atoms with Crippen molar-refractivity contribution in [1.82, 2.24) is 0 Å². The molecule has 4 heteroatoms. The number of fused-ring (bicyclic) bond motifs is 5. The van der Waals surface area contributed by atoms with Gasteiger partial charge >= 0.3 is 5.97 Å². The monoisotopic (exact) mass is 404 g/mol. The lowest BCUT2D eigenvalue weighted by Crippen LogP contribution is -2.60. The van der Waals surface area contributed by atoms with Crippen molar-refractivity contribution >= 4 is 11.8 Å². The molecule has 164 valence electrons. The van der Waals surface area contributed by atoms with Gasteiger partial charge in [0.05, 0.1) is 6.10 Å². The van der Waals surface area contributed by atoms with Gasteiger partial charge in [0.1, 0.15) is 5.78 Å². The third-order valence-electron chi connectivity index (χ3n) is 10.4. The maximum absolute atomic E-state index is 13.9. The van der Waals surface area contributed by atoms with Gasteiger partial charge in [0.2, 0.25) is 0 Å². The van der Waals surface area contributed by atoms with E-state index in [9.17, 15) is 19.8 Å². The zero-order valence-corrected chi connectivity index (χ0v) is 18.7. The van der Waals surface area contributed by atoms with Crippen LogP contribution in [0.1, 0.15) is 85.5 Å². The van der Waals surface area contributed by atoms with Crippen molar-refractivity contribution in [3.63, 3.8) is 0 Å². The highest BCUT2D eigenvalue weighted by molar-refractivity contribution is 5.86. The number of carbonyl (C=O) groups excluding carboxylic acids is 1. The smallest absolute Gasteiger partial charge is 0.303 e. The molecule has 0 amide bonds. The molecule has 4 aliphatic carbocycles. The molecule has 0 saturated heterocycles. The fraction of sp³-hybridized carbons (Fsp3) is 0.920. The number of aliphatic carboxylic acids is 1. The summed E-state index contributed by atoms with van der Waals surface area (Å²) in [5.41, 5.74) is 0.270. The quantitative estimate of drug-likeness (QED) is 0.696. The predicted molar refractivity (Wildman–Crippen MR) is 112 cm³/mol. The van der Waals surface area contributed by atoms with E-state index in [2.05, 4.69) is 27.7 Å². The highest BCUT2D eigenvalue weighted by Crippen LogP contribution is 2.68. The molecule has 0 heterocycles. The Balaban J connectivity index is 1.67. The fourth-order valence-corrected chi connectivity index (χ4v) is 9.03. The number of carbonyl (C=O) groups is 2. The van der Waals surface area contributed by atoms with Crippen molar-refractivity contribution < 1.29 is 19.8 Å². The van der Waals surface area contributed by atoms with Gasteiger partial charge < -0.3 is 10.2 Å². The molecular formula is C25H40O4. The van der Waals surface area contributed by atoms with E-state index in [4.69, 9.17) is 0 Å². The molecule has 0 spiro atoms. The summed E-state index contributed by atoms with van der Waals surface area (Å²) in [7, 11) is 0. The molecule has 0 bridgehead atoms. The Labute approximate surface area is 175 Å². The first-order valence-corrected chi connectivity index (χ1v) is 12.1. The van der Waals surface area contributed by atoms with Crippen LogP contribution in [0.5, 0.6) is 0 Å². The van der Waals surface area contributed by atoms with E-state index < -0.39 is 5.97 Å². The van der Waals surface area contributed by atoms with Crippen molar-refractivity contribution in [1.29, 1.82) is 0 Å². The number of aliphatic hydroxyl groups excluding tert-OH is 1. The Morgan fingerprint density at radius 3 is 2.38 bits per heavy atom. The molecule has 4 fully saturated rings. The van der Waals surface area contributed by atoms with Crippen LogP contribution in [0.3, 0.4) is 0 Å². The highest BCUT2D eigenvalue weighted by atomic mass is 16.4. The third-order valence-corrected chi connectivity index (χ3v) is 10.4. The molecule has 29 heavy (non-hydrogen) atoms. The number of hydrogen-bond donors (Lipinski definition) is 2. The fourth-order valence-electron chi connectivity index (χ4n) is 9.03. The zero-order valence-electron chi connectivity index (χ0n) is 18.7. The van der Waals surface area contributed by atoms with Crippen molar-refractivity contribution in [2.75, 3.05) is 0 Å². The van der Waals surface area contributed by atoms with E-state index in [1.165, 1.54) is 0 Å². The number of hydrogen-bond acceptors (Lipinski definition) is 3. The summed E-state index contributed by atoms with van der Waals surface area (Å²) in [5.74, 6) is 1.80. The van der Waals surface area contributed by atoms with E-state index in [0.29, 0.717) is 29.5 Å². The minimum atomic E-state index is -0.700. The van der Waals surface area contributed by atoms with Gasteiger partial charge in [-0.05, 0) is 91.8 Å². The molecular weight excluding hydrogens is 364 g/mol. The minimum absolute atomic E-state index is 0.0917. The van der Waals surface area contributed by atoms with Crippen molar-refractivity contribution in [2.24, 2.45) is 52.3 Å². The lowest BCUT2D eigenvalue weighted by Gasteiger charge is -2.62. The number of rotatable bonds is 4. The van der Waals surface area contributed by atoms with Crippen LogP contribution in [0.15, 0.2) is 0 Å². The number of carboxylic acids is 1. The zero-order chi connectivity index (χ0) is 21.1. The van der Waals surface area contributed by atoms with Crippen molar-refractivity contribution in [3.05, 3.63) is 0 Å². The topological polar surface area (TPSA) is 74.6 Å². The van der Waals surface area contributed by atoms with Crippen molar-refractivity contribution in [2.45, 2.75) is 91.6 Å².